The fraction of sp³-hybridized carbons (Fsp3) is 0.150. The highest BCUT2D eigenvalue weighted by Gasteiger charge is 2.08. The number of amides is 1. The molecule has 0 aliphatic heterocycles. The minimum Gasteiger partial charge on any atom is -0.410 e. The molecule has 0 saturated carbocycles. The van der Waals surface area contributed by atoms with E-state index in [1.54, 1.807) is 42.6 Å². The van der Waals surface area contributed by atoms with Gasteiger partial charge in [-0.25, -0.2) is 14.8 Å². The molecule has 0 bridgehead atoms. The lowest BCUT2D eigenvalue weighted by Gasteiger charge is -2.09. The average Bonchev–Trinajstić information content (AvgIpc) is 2.72. The second kappa shape index (κ2) is 9.56. The zero-order chi connectivity index (χ0) is 20.6. The van der Waals surface area contributed by atoms with Crippen LogP contribution in [0.5, 0.6) is 5.75 Å². The van der Waals surface area contributed by atoms with Crippen LogP contribution in [0, 0.1) is 0 Å². The Kier molecular flexibility index (Phi) is 6.64. The van der Waals surface area contributed by atoms with E-state index in [1.165, 1.54) is 0 Å². The van der Waals surface area contributed by atoms with Crippen molar-refractivity contribution in [2.24, 2.45) is 0 Å². The van der Waals surface area contributed by atoms with Gasteiger partial charge in [0.15, 0.2) is 10.8 Å². The third-order valence-electron chi connectivity index (χ3n) is 3.74. The Hall–Kier alpha value is -3.59. The number of fused-ring (bicyclic) bond motifs is 1. The minimum atomic E-state index is -0.490. The number of carbonyl (C=O) groups excluding carboxylic acids is 1. The van der Waals surface area contributed by atoms with Crippen LogP contribution in [0.3, 0.4) is 0 Å². The van der Waals surface area contributed by atoms with Gasteiger partial charge < -0.3 is 20.7 Å². The van der Waals surface area contributed by atoms with Gasteiger partial charge in [-0.1, -0.05) is 6.08 Å². The van der Waals surface area contributed by atoms with Crippen LogP contribution in [-0.2, 0) is 0 Å². The summed E-state index contributed by atoms with van der Waals surface area (Å²) in [6.45, 7) is 6.52. The third kappa shape index (κ3) is 5.45. The van der Waals surface area contributed by atoms with Crippen LogP contribution < -0.4 is 20.7 Å². The van der Waals surface area contributed by atoms with Crippen LogP contribution in [-0.4, -0.2) is 39.2 Å². The number of ether oxygens (including phenoxy) is 1. The number of anilines is 1. The number of thiocarbonyl (C=S) groups is 1. The van der Waals surface area contributed by atoms with Crippen molar-refractivity contribution in [3.05, 3.63) is 55.3 Å². The van der Waals surface area contributed by atoms with Gasteiger partial charge in [-0.3, -0.25) is 4.98 Å². The van der Waals surface area contributed by atoms with Crippen LogP contribution in [0.25, 0.3) is 22.4 Å². The Morgan fingerprint density at radius 2 is 1.97 bits per heavy atom. The SMILES string of the molecule is C=CCNC(=S)Nc1ccc2ncc(-c3ccc(OC(=O)NCC)cc3)nc2n1. The van der Waals surface area contributed by atoms with E-state index < -0.39 is 6.09 Å². The number of hydrogen-bond donors (Lipinski definition) is 3. The molecule has 0 aliphatic carbocycles. The molecule has 1 amide bonds. The molecule has 3 aromatic rings. The van der Waals surface area contributed by atoms with Crippen molar-refractivity contribution in [3.63, 3.8) is 0 Å². The highest BCUT2D eigenvalue weighted by molar-refractivity contribution is 7.80. The zero-order valence-corrected chi connectivity index (χ0v) is 16.6. The number of benzene rings is 1. The maximum Gasteiger partial charge on any atom is 0.412 e. The van der Waals surface area contributed by atoms with Gasteiger partial charge in [0.1, 0.15) is 17.1 Å². The summed E-state index contributed by atoms with van der Waals surface area (Å²) >= 11 is 5.20. The van der Waals surface area contributed by atoms with Crippen LogP contribution in [0.1, 0.15) is 6.92 Å². The van der Waals surface area contributed by atoms with E-state index in [4.69, 9.17) is 17.0 Å². The Morgan fingerprint density at radius 3 is 2.69 bits per heavy atom. The number of aromatic nitrogens is 3. The van der Waals surface area contributed by atoms with Crippen LogP contribution in [0.15, 0.2) is 55.3 Å². The molecule has 9 heteroatoms. The van der Waals surface area contributed by atoms with Crippen LogP contribution in [0.2, 0.25) is 0 Å². The van der Waals surface area contributed by atoms with Crippen molar-refractivity contribution in [2.45, 2.75) is 6.92 Å². The number of rotatable bonds is 6. The molecule has 0 atom stereocenters. The van der Waals surface area contributed by atoms with Gasteiger partial charge in [-0.05, 0) is 55.5 Å². The predicted octanol–water partition coefficient (Wildman–Crippen LogP) is 3.27. The van der Waals surface area contributed by atoms with E-state index in [9.17, 15) is 4.79 Å². The number of hydrogen-bond acceptors (Lipinski definition) is 6. The molecule has 0 radical (unpaired) electrons. The van der Waals surface area contributed by atoms with Gasteiger partial charge in [0.25, 0.3) is 0 Å². The first-order valence-electron chi connectivity index (χ1n) is 8.94. The fourth-order valence-electron chi connectivity index (χ4n) is 2.41. The topological polar surface area (TPSA) is 101 Å². The standard InChI is InChI=1S/C20H20N6O2S/c1-3-11-22-19(29)26-17-10-9-15-18(25-17)24-16(12-23-15)13-5-7-14(8-6-13)28-20(27)21-4-2/h3,5-10,12H,1,4,11H2,2H3,(H,21,27)(H2,22,24,25,26,29). The second-order valence-corrected chi connectivity index (χ2v) is 6.27. The number of nitrogens with zero attached hydrogens (tertiary/aromatic N) is 3. The highest BCUT2D eigenvalue weighted by atomic mass is 32.1. The summed E-state index contributed by atoms with van der Waals surface area (Å²) in [6, 6.07) is 10.6. The molecule has 0 saturated heterocycles. The highest BCUT2D eigenvalue weighted by Crippen LogP contribution is 2.22. The number of pyridine rings is 1. The zero-order valence-electron chi connectivity index (χ0n) is 15.8. The quantitative estimate of drug-likeness (QED) is 0.422. The molecule has 3 rings (SSSR count). The Labute approximate surface area is 173 Å². The van der Waals surface area contributed by atoms with Gasteiger partial charge in [-0.2, -0.15) is 0 Å². The Morgan fingerprint density at radius 1 is 1.17 bits per heavy atom. The lowest BCUT2D eigenvalue weighted by molar-refractivity contribution is 0.201. The molecule has 2 aromatic heterocycles. The molecule has 148 valence electrons. The van der Waals surface area contributed by atoms with Crippen LogP contribution in [0.4, 0.5) is 10.6 Å². The number of nitrogens with one attached hydrogen (secondary N) is 3. The van der Waals surface area contributed by atoms with E-state index in [-0.39, 0.29) is 0 Å². The van der Waals surface area contributed by atoms with Crippen molar-refractivity contribution in [1.29, 1.82) is 0 Å². The van der Waals surface area contributed by atoms with E-state index in [2.05, 4.69) is 37.5 Å². The maximum absolute atomic E-state index is 11.5. The first kappa shape index (κ1) is 20.2. The van der Waals surface area contributed by atoms with Gasteiger partial charge in [0.05, 0.1) is 11.9 Å². The molecule has 8 nitrogen and oxygen atoms in total. The minimum absolute atomic E-state index is 0.443. The predicted molar refractivity (Wildman–Crippen MR) is 117 cm³/mol. The van der Waals surface area contributed by atoms with Crippen molar-refractivity contribution in [3.8, 4) is 17.0 Å². The molecule has 1 aromatic carbocycles. The summed E-state index contributed by atoms with van der Waals surface area (Å²) in [5.74, 6) is 1.01. The summed E-state index contributed by atoms with van der Waals surface area (Å²) < 4.78 is 5.17. The molecule has 0 aliphatic rings. The molecule has 2 heterocycles. The van der Waals surface area contributed by atoms with Crippen LogP contribution >= 0.6 is 12.2 Å². The Balaban J connectivity index is 1.78. The third-order valence-corrected chi connectivity index (χ3v) is 3.98. The molecule has 0 fully saturated rings. The lowest BCUT2D eigenvalue weighted by atomic mass is 10.1. The van der Waals surface area contributed by atoms with E-state index in [0.29, 0.717) is 46.6 Å². The second-order valence-electron chi connectivity index (χ2n) is 5.86. The smallest absolute Gasteiger partial charge is 0.410 e. The number of carbonyl (C=O) groups is 1. The van der Waals surface area contributed by atoms with Gasteiger partial charge in [0.2, 0.25) is 0 Å². The molecule has 0 spiro atoms. The summed E-state index contributed by atoms with van der Waals surface area (Å²) in [5.41, 5.74) is 2.63. The largest absolute Gasteiger partial charge is 0.412 e. The molecule has 0 unspecified atom stereocenters. The Bertz CT molecular complexity index is 1040. The first-order chi connectivity index (χ1) is 14.1. The summed E-state index contributed by atoms with van der Waals surface area (Å²) in [4.78, 5) is 25.0. The first-order valence-corrected chi connectivity index (χ1v) is 9.35. The van der Waals surface area contributed by atoms with E-state index in [1.807, 2.05) is 13.0 Å². The summed E-state index contributed by atoms with van der Waals surface area (Å²) in [5, 5.41) is 9.00. The van der Waals surface area contributed by atoms with Gasteiger partial charge in [-0.15, -0.1) is 6.58 Å². The summed E-state index contributed by atoms with van der Waals surface area (Å²) in [7, 11) is 0. The van der Waals surface area contributed by atoms with E-state index in [0.717, 1.165) is 5.56 Å². The van der Waals surface area contributed by atoms with Crippen molar-refractivity contribution in [2.75, 3.05) is 18.4 Å². The van der Waals surface area contributed by atoms with E-state index >= 15 is 0 Å². The molecule has 29 heavy (non-hydrogen) atoms. The maximum atomic E-state index is 11.5. The normalized spacial score (nSPS) is 10.2. The molecular formula is C20H20N6O2S. The van der Waals surface area contributed by atoms with Crippen molar-refractivity contribution in [1.82, 2.24) is 25.6 Å². The van der Waals surface area contributed by atoms with Gasteiger partial charge >= 0.3 is 6.09 Å². The monoisotopic (exact) mass is 408 g/mol. The van der Waals surface area contributed by atoms with Crippen molar-refractivity contribution < 1.29 is 9.53 Å². The molecular weight excluding hydrogens is 388 g/mol. The fourth-order valence-corrected chi connectivity index (χ4v) is 2.60. The summed E-state index contributed by atoms with van der Waals surface area (Å²) in [6.07, 6.45) is 2.90. The average molecular weight is 408 g/mol. The van der Waals surface area contributed by atoms with Gasteiger partial charge in [0, 0.05) is 18.7 Å². The molecule has 3 N–H and O–H groups in total. The van der Waals surface area contributed by atoms with Crippen molar-refractivity contribution >= 4 is 40.4 Å². The lowest BCUT2D eigenvalue weighted by Crippen LogP contribution is -2.28.